The second kappa shape index (κ2) is 5.65. The van der Waals surface area contributed by atoms with E-state index in [-0.39, 0.29) is 5.56 Å². The molecule has 0 saturated heterocycles. The number of aromatic nitrogens is 1. The largest absolute Gasteiger partial charge is 0.478 e. The van der Waals surface area contributed by atoms with Crippen molar-refractivity contribution in [1.29, 1.82) is 0 Å². The summed E-state index contributed by atoms with van der Waals surface area (Å²) in [6.45, 7) is 0. The summed E-state index contributed by atoms with van der Waals surface area (Å²) in [5, 5.41) is 9.20. The Morgan fingerprint density at radius 3 is 2.55 bits per heavy atom. The fourth-order valence-corrected chi connectivity index (χ4v) is 3.02. The molecule has 2 aromatic rings. The SMILES string of the molecule is O=C(O)c1cccc2oc(C3CCCCCCC3)nc12. The van der Waals surface area contributed by atoms with Crippen LogP contribution in [0.5, 0.6) is 0 Å². The first-order valence-corrected chi connectivity index (χ1v) is 7.38. The van der Waals surface area contributed by atoms with E-state index in [1.165, 1.54) is 32.1 Å². The van der Waals surface area contributed by atoms with Gasteiger partial charge in [0.15, 0.2) is 11.5 Å². The molecule has 0 spiro atoms. The fourth-order valence-electron chi connectivity index (χ4n) is 3.02. The first-order chi connectivity index (χ1) is 9.75. The standard InChI is InChI=1S/C16H19NO3/c18-16(19)12-9-6-10-13-14(12)17-15(20-13)11-7-4-2-1-3-5-8-11/h6,9-11H,1-5,7-8H2,(H,18,19). The van der Waals surface area contributed by atoms with E-state index in [0.717, 1.165) is 18.7 Å². The highest BCUT2D eigenvalue weighted by molar-refractivity contribution is 6.00. The van der Waals surface area contributed by atoms with E-state index >= 15 is 0 Å². The molecule has 0 amide bonds. The summed E-state index contributed by atoms with van der Waals surface area (Å²) in [5.74, 6) is 0.105. The number of carbonyl (C=O) groups is 1. The van der Waals surface area contributed by atoms with Crippen LogP contribution in [0.2, 0.25) is 0 Å². The average Bonchev–Trinajstić information content (AvgIpc) is 2.81. The minimum Gasteiger partial charge on any atom is -0.478 e. The first-order valence-electron chi connectivity index (χ1n) is 7.38. The van der Waals surface area contributed by atoms with E-state index in [9.17, 15) is 9.90 Å². The van der Waals surface area contributed by atoms with Crippen LogP contribution in [0.25, 0.3) is 11.1 Å². The third-order valence-corrected chi connectivity index (χ3v) is 4.12. The highest BCUT2D eigenvalue weighted by atomic mass is 16.4. The third-order valence-electron chi connectivity index (χ3n) is 4.12. The van der Waals surface area contributed by atoms with Crippen LogP contribution < -0.4 is 0 Å². The zero-order valence-electron chi connectivity index (χ0n) is 11.5. The minimum atomic E-state index is -0.951. The van der Waals surface area contributed by atoms with Crippen molar-refractivity contribution in [2.24, 2.45) is 0 Å². The van der Waals surface area contributed by atoms with Gasteiger partial charge in [-0.2, -0.15) is 0 Å². The lowest BCUT2D eigenvalue weighted by atomic mass is 9.91. The van der Waals surface area contributed by atoms with Gasteiger partial charge in [0.25, 0.3) is 0 Å². The molecule has 0 aliphatic heterocycles. The molecular formula is C16H19NO3. The van der Waals surface area contributed by atoms with Crippen molar-refractivity contribution < 1.29 is 14.3 Å². The quantitative estimate of drug-likeness (QED) is 0.883. The van der Waals surface area contributed by atoms with Gasteiger partial charge in [0.1, 0.15) is 5.52 Å². The molecule has 1 aromatic carbocycles. The number of carboxylic acid groups (broad SMARTS) is 1. The molecule has 3 rings (SSSR count). The normalized spacial score (nSPS) is 17.8. The number of benzene rings is 1. The van der Waals surface area contributed by atoms with Gasteiger partial charge in [0, 0.05) is 5.92 Å². The maximum absolute atomic E-state index is 11.2. The van der Waals surface area contributed by atoms with E-state index in [1.807, 2.05) is 0 Å². The van der Waals surface area contributed by atoms with Crippen LogP contribution in [0.3, 0.4) is 0 Å². The Bertz CT molecular complexity index is 609. The van der Waals surface area contributed by atoms with Gasteiger partial charge < -0.3 is 9.52 Å². The topological polar surface area (TPSA) is 63.3 Å². The number of fused-ring (bicyclic) bond motifs is 1. The van der Waals surface area contributed by atoms with Gasteiger partial charge in [0.2, 0.25) is 0 Å². The molecule has 4 nitrogen and oxygen atoms in total. The Hall–Kier alpha value is -1.84. The molecule has 0 radical (unpaired) electrons. The van der Waals surface area contributed by atoms with Crippen molar-refractivity contribution in [2.75, 3.05) is 0 Å². The molecule has 1 aliphatic carbocycles. The molecule has 1 heterocycles. The maximum atomic E-state index is 11.2. The molecule has 0 unspecified atom stereocenters. The summed E-state index contributed by atoms with van der Waals surface area (Å²) in [6, 6.07) is 5.08. The minimum absolute atomic E-state index is 0.225. The predicted octanol–water partition coefficient (Wildman–Crippen LogP) is 4.35. The van der Waals surface area contributed by atoms with Crippen molar-refractivity contribution in [3.05, 3.63) is 29.7 Å². The van der Waals surface area contributed by atoms with E-state index in [4.69, 9.17) is 4.42 Å². The van der Waals surface area contributed by atoms with Gasteiger partial charge in [-0.05, 0) is 25.0 Å². The van der Waals surface area contributed by atoms with E-state index in [2.05, 4.69) is 4.98 Å². The van der Waals surface area contributed by atoms with E-state index < -0.39 is 5.97 Å². The Balaban J connectivity index is 1.95. The summed E-state index contributed by atoms with van der Waals surface area (Å²) >= 11 is 0. The smallest absolute Gasteiger partial charge is 0.338 e. The summed E-state index contributed by atoms with van der Waals surface area (Å²) in [6.07, 6.45) is 8.46. The number of carboxylic acids is 1. The highest BCUT2D eigenvalue weighted by Crippen LogP contribution is 2.32. The molecular weight excluding hydrogens is 254 g/mol. The fraction of sp³-hybridized carbons (Fsp3) is 0.500. The summed E-state index contributed by atoms with van der Waals surface area (Å²) in [4.78, 5) is 15.7. The van der Waals surface area contributed by atoms with Crippen molar-refractivity contribution in [3.63, 3.8) is 0 Å². The van der Waals surface area contributed by atoms with Gasteiger partial charge in [-0.1, -0.05) is 38.2 Å². The van der Waals surface area contributed by atoms with Crippen LogP contribution in [0, 0.1) is 0 Å². The van der Waals surface area contributed by atoms with E-state index in [0.29, 0.717) is 17.0 Å². The molecule has 106 valence electrons. The van der Waals surface area contributed by atoms with Crippen LogP contribution in [0.15, 0.2) is 22.6 Å². The number of rotatable bonds is 2. The summed E-state index contributed by atoms with van der Waals surface area (Å²) in [7, 11) is 0. The molecule has 1 saturated carbocycles. The zero-order chi connectivity index (χ0) is 13.9. The lowest BCUT2D eigenvalue weighted by Gasteiger charge is -2.16. The molecule has 20 heavy (non-hydrogen) atoms. The molecule has 1 fully saturated rings. The van der Waals surface area contributed by atoms with E-state index in [1.54, 1.807) is 18.2 Å². The monoisotopic (exact) mass is 273 g/mol. The second-order valence-corrected chi connectivity index (χ2v) is 5.55. The van der Waals surface area contributed by atoms with Gasteiger partial charge in [-0.15, -0.1) is 0 Å². The molecule has 0 bridgehead atoms. The van der Waals surface area contributed by atoms with Crippen LogP contribution in [0.4, 0.5) is 0 Å². The van der Waals surface area contributed by atoms with Crippen molar-refractivity contribution in [1.82, 2.24) is 4.98 Å². The zero-order valence-corrected chi connectivity index (χ0v) is 11.5. The van der Waals surface area contributed by atoms with Crippen molar-refractivity contribution in [2.45, 2.75) is 50.9 Å². The second-order valence-electron chi connectivity index (χ2n) is 5.55. The third kappa shape index (κ3) is 2.55. The van der Waals surface area contributed by atoms with Gasteiger partial charge in [0.05, 0.1) is 5.56 Å². The Morgan fingerprint density at radius 2 is 1.85 bits per heavy atom. The van der Waals surface area contributed by atoms with Crippen LogP contribution in [0.1, 0.15) is 67.1 Å². The van der Waals surface area contributed by atoms with Crippen molar-refractivity contribution in [3.8, 4) is 0 Å². The molecule has 4 heteroatoms. The van der Waals surface area contributed by atoms with Crippen molar-refractivity contribution >= 4 is 17.1 Å². The molecule has 1 N–H and O–H groups in total. The van der Waals surface area contributed by atoms with Gasteiger partial charge in [-0.25, -0.2) is 9.78 Å². The number of nitrogens with zero attached hydrogens (tertiary/aromatic N) is 1. The number of aromatic carboxylic acids is 1. The Labute approximate surface area is 117 Å². The number of para-hydroxylation sites is 1. The number of oxazole rings is 1. The number of hydrogen-bond acceptors (Lipinski definition) is 3. The molecule has 0 atom stereocenters. The predicted molar refractivity (Wildman–Crippen MR) is 76.0 cm³/mol. The maximum Gasteiger partial charge on any atom is 0.338 e. The Kier molecular flexibility index (Phi) is 3.72. The molecule has 1 aliphatic rings. The van der Waals surface area contributed by atoms with Crippen LogP contribution in [-0.2, 0) is 0 Å². The Morgan fingerprint density at radius 1 is 1.15 bits per heavy atom. The molecule has 1 aromatic heterocycles. The van der Waals surface area contributed by atoms with Gasteiger partial charge >= 0.3 is 5.97 Å². The summed E-state index contributed by atoms with van der Waals surface area (Å²) in [5.41, 5.74) is 1.29. The van der Waals surface area contributed by atoms with Gasteiger partial charge in [-0.3, -0.25) is 0 Å². The average molecular weight is 273 g/mol. The van der Waals surface area contributed by atoms with Crippen LogP contribution in [-0.4, -0.2) is 16.1 Å². The lowest BCUT2D eigenvalue weighted by Crippen LogP contribution is -2.03. The lowest BCUT2D eigenvalue weighted by molar-refractivity contribution is 0.0699. The summed E-state index contributed by atoms with van der Waals surface area (Å²) < 4.78 is 5.82. The van der Waals surface area contributed by atoms with Crippen LogP contribution >= 0.6 is 0 Å². The first kappa shape index (κ1) is 13.2. The highest BCUT2D eigenvalue weighted by Gasteiger charge is 2.21. The number of hydrogen-bond donors (Lipinski definition) is 1.